The van der Waals surface area contributed by atoms with Gasteiger partial charge in [0.2, 0.25) is 0 Å². The molecule has 0 amide bonds. The summed E-state index contributed by atoms with van der Waals surface area (Å²) in [6.07, 6.45) is 1.90. The highest BCUT2D eigenvalue weighted by Gasteiger charge is 2.05. The molecule has 3 rings (SSSR count). The van der Waals surface area contributed by atoms with Gasteiger partial charge in [-0.1, -0.05) is 36.4 Å². The number of aromatic nitrogens is 2. The molecule has 1 heterocycles. The van der Waals surface area contributed by atoms with Crippen LogP contribution >= 0.6 is 24.0 Å². The zero-order chi connectivity index (χ0) is 19.8. The Bertz CT molecular complexity index is 907. The van der Waals surface area contributed by atoms with Crippen LogP contribution in [0.1, 0.15) is 25.0 Å². The first kappa shape index (κ1) is 23.2. The van der Waals surface area contributed by atoms with E-state index in [0.717, 1.165) is 30.1 Å². The van der Waals surface area contributed by atoms with Crippen LogP contribution in [0.3, 0.4) is 0 Å². The highest BCUT2D eigenvalue weighted by molar-refractivity contribution is 14.0. The number of ether oxygens (including phenoxy) is 1. The van der Waals surface area contributed by atoms with Crippen molar-refractivity contribution in [3.63, 3.8) is 0 Å². The van der Waals surface area contributed by atoms with E-state index in [2.05, 4.69) is 69.4 Å². The van der Waals surface area contributed by atoms with E-state index in [1.165, 1.54) is 11.1 Å². The SMILES string of the molecule is CCNC(=NCc1ccc(Cn2cnc3ccccc32)cc1)NC(C)COC.I. The van der Waals surface area contributed by atoms with Crippen LogP contribution in [0.25, 0.3) is 11.0 Å². The molecule has 0 saturated heterocycles. The monoisotopic (exact) mass is 507 g/mol. The van der Waals surface area contributed by atoms with Crippen LogP contribution in [0, 0.1) is 0 Å². The number of guanidine groups is 1. The third kappa shape index (κ3) is 6.71. The fourth-order valence-electron chi connectivity index (χ4n) is 3.10. The molecule has 0 aliphatic rings. The van der Waals surface area contributed by atoms with Crippen LogP contribution < -0.4 is 10.6 Å². The summed E-state index contributed by atoms with van der Waals surface area (Å²) >= 11 is 0. The van der Waals surface area contributed by atoms with Crippen molar-refractivity contribution in [3.8, 4) is 0 Å². The second kappa shape index (κ2) is 11.8. The standard InChI is InChI=1S/C22H29N5O.HI/c1-4-23-22(26-17(2)15-28-3)24-13-18-9-11-19(12-10-18)14-27-16-25-20-7-5-6-8-21(20)27;/h5-12,16-17H,4,13-15H2,1-3H3,(H2,23,24,26);1H. The molecule has 0 fully saturated rings. The summed E-state index contributed by atoms with van der Waals surface area (Å²) in [6, 6.07) is 17.0. The van der Waals surface area contributed by atoms with E-state index in [-0.39, 0.29) is 30.0 Å². The van der Waals surface area contributed by atoms with Crippen LogP contribution in [0.5, 0.6) is 0 Å². The predicted molar refractivity (Wildman–Crippen MR) is 130 cm³/mol. The number of nitrogens with zero attached hydrogens (tertiary/aromatic N) is 3. The molecule has 0 aliphatic carbocycles. The molecule has 2 aromatic carbocycles. The van der Waals surface area contributed by atoms with Gasteiger partial charge < -0.3 is 19.9 Å². The van der Waals surface area contributed by atoms with E-state index in [9.17, 15) is 0 Å². The molecule has 1 atom stereocenters. The van der Waals surface area contributed by atoms with Gasteiger partial charge in [0.05, 0.1) is 30.5 Å². The summed E-state index contributed by atoms with van der Waals surface area (Å²) in [5.74, 6) is 0.806. The topological polar surface area (TPSA) is 63.5 Å². The second-order valence-corrected chi connectivity index (χ2v) is 6.87. The van der Waals surface area contributed by atoms with Gasteiger partial charge in [0.25, 0.3) is 0 Å². The van der Waals surface area contributed by atoms with Gasteiger partial charge in [-0.15, -0.1) is 24.0 Å². The van der Waals surface area contributed by atoms with Crippen molar-refractivity contribution in [1.29, 1.82) is 0 Å². The fraction of sp³-hybridized carbons (Fsp3) is 0.364. The molecule has 2 N–H and O–H groups in total. The van der Waals surface area contributed by atoms with Crippen LogP contribution in [0.2, 0.25) is 0 Å². The van der Waals surface area contributed by atoms with Crippen molar-refractivity contribution < 1.29 is 4.74 Å². The molecule has 0 saturated carbocycles. The minimum Gasteiger partial charge on any atom is -0.383 e. The first-order valence-corrected chi connectivity index (χ1v) is 9.71. The molecule has 0 bridgehead atoms. The van der Waals surface area contributed by atoms with Gasteiger partial charge in [0, 0.05) is 26.2 Å². The van der Waals surface area contributed by atoms with Crippen molar-refractivity contribution >= 4 is 41.0 Å². The van der Waals surface area contributed by atoms with E-state index in [0.29, 0.717) is 13.2 Å². The van der Waals surface area contributed by atoms with E-state index in [4.69, 9.17) is 4.74 Å². The quantitative estimate of drug-likeness (QED) is 0.277. The average Bonchev–Trinajstić information content (AvgIpc) is 3.10. The van der Waals surface area contributed by atoms with E-state index in [1.807, 2.05) is 24.5 Å². The lowest BCUT2D eigenvalue weighted by Crippen LogP contribution is -2.43. The predicted octanol–water partition coefficient (Wildman–Crippen LogP) is 3.79. The number of benzene rings is 2. The zero-order valence-electron chi connectivity index (χ0n) is 17.3. The van der Waals surface area contributed by atoms with Crippen molar-refractivity contribution in [3.05, 3.63) is 66.0 Å². The number of hydrogen-bond acceptors (Lipinski definition) is 3. The van der Waals surface area contributed by atoms with Crippen LogP contribution in [0.4, 0.5) is 0 Å². The molecule has 7 heteroatoms. The summed E-state index contributed by atoms with van der Waals surface area (Å²) in [6.45, 7) is 7.04. The maximum atomic E-state index is 5.18. The van der Waals surface area contributed by atoms with Gasteiger partial charge in [-0.25, -0.2) is 9.98 Å². The number of imidazole rings is 1. The number of halogens is 1. The Balaban J connectivity index is 0.00000300. The lowest BCUT2D eigenvalue weighted by molar-refractivity contribution is 0.179. The number of aliphatic imine (C=N–C) groups is 1. The fourth-order valence-corrected chi connectivity index (χ4v) is 3.10. The third-order valence-electron chi connectivity index (χ3n) is 4.47. The zero-order valence-corrected chi connectivity index (χ0v) is 19.6. The van der Waals surface area contributed by atoms with Gasteiger partial charge in [-0.2, -0.15) is 0 Å². The van der Waals surface area contributed by atoms with Crippen molar-refractivity contribution in [2.75, 3.05) is 20.3 Å². The Morgan fingerprint density at radius 2 is 1.86 bits per heavy atom. The lowest BCUT2D eigenvalue weighted by Gasteiger charge is -2.17. The Labute approximate surface area is 189 Å². The Morgan fingerprint density at radius 3 is 2.59 bits per heavy atom. The molecule has 0 spiro atoms. The molecule has 1 unspecified atom stereocenters. The first-order chi connectivity index (χ1) is 13.7. The average molecular weight is 507 g/mol. The summed E-state index contributed by atoms with van der Waals surface area (Å²) in [5, 5.41) is 6.62. The molecular formula is C22H30IN5O. The highest BCUT2D eigenvalue weighted by atomic mass is 127. The Hall–Kier alpha value is -2.13. The van der Waals surface area contributed by atoms with Crippen LogP contribution in [0.15, 0.2) is 59.9 Å². The second-order valence-electron chi connectivity index (χ2n) is 6.87. The minimum absolute atomic E-state index is 0. The number of rotatable bonds is 8. The third-order valence-corrected chi connectivity index (χ3v) is 4.47. The maximum Gasteiger partial charge on any atom is 0.191 e. The molecule has 6 nitrogen and oxygen atoms in total. The Morgan fingerprint density at radius 1 is 1.14 bits per heavy atom. The number of hydrogen-bond donors (Lipinski definition) is 2. The smallest absolute Gasteiger partial charge is 0.191 e. The van der Waals surface area contributed by atoms with Gasteiger partial charge in [-0.3, -0.25) is 0 Å². The highest BCUT2D eigenvalue weighted by Crippen LogP contribution is 2.14. The first-order valence-electron chi connectivity index (χ1n) is 9.71. The summed E-state index contributed by atoms with van der Waals surface area (Å²) in [7, 11) is 1.70. The lowest BCUT2D eigenvalue weighted by atomic mass is 10.1. The molecule has 3 aromatic rings. The van der Waals surface area contributed by atoms with E-state index < -0.39 is 0 Å². The molecule has 0 aliphatic heterocycles. The summed E-state index contributed by atoms with van der Waals surface area (Å²) in [5.41, 5.74) is 4.60. The van der Waals surface area contributed by atoms with E-state index in [1.54, 1.807) is 7.11 Å². The summed E-state index contributed by atoms with van der Waals surface area (Å²) < 4.78 is 7.35. The van der Waals surface area contributed by atoms with Gasteiger partial charge in [0.15, 0.2) is 5.96 Å². The number of methoxy groups -OCH3 is 1. The Kier molecular flexibility index (Phi) is 9.40. The molecule has 0 radical (unpaired) electrons. The molecule has 156 valence electrons. The molecular weight excluding hydrogens is 477 g/mol. The van der Waals surface area contributed by atoms with Crippen LogP contribution in [-0.2, 0) is 17.8 Å². The maximum absolute atomic E-state index is 5.18. The number of fused-ring (bicyclic) bond motifs is 1. The minimum atomic E-state index is 0. The van der Waals surface area contributed by atoms with Gasteiger partial charge >= 0.3 is 0 Å². The summed E-state index contributed by atoms with van der Waals surface area (Å²) in [4.78, 5) is 9.13. The van der Waals surface area contributed by atoms with E-state index >= 15 is 0 Å². The van der Waals surface area contributed by atoms with Crippen molar-refractivity contribution in [2.24, 2.45) is 4.99 Å². The molecule has 29 heavy (non-hydrogen) atoms. The molecule has 1 aromatic heterocycles. The van der Waals surface area contributed by atoms with Crippen LogP contribution in [-0.4, -0.2) is 41.8 Å². The largest absolute Gasteiger partial charge is 0.383 e. The number of nitrogens with one attached hydrogen (secondary N) is 2. The van der Waals surface area contributed by atoms with Crippen molar-refractivity contribution in [1.82, 2.24) is 20.2 Å². The van der Waals surface area contributed by atoms with Gasteiger partial charge in [-0.05, 0) is 37.1 Å². The number of para-hydroxylation sites is 2. The van der Waals surface area contributed by atoms with Gasteiger partial charge in [0.1, 0.15) is 0 Å². The normalized spacial score (nSPS) is 12.4. The van der Waals surface area contributed by atoms with Crippen molar-refractivity contribution in [2.45, 2.75) is 33.0 Å².